The summed E-state index contributed by atoms with van der Waals surface area (Å²) in [5.41, 5.74) is 7.45. The van der Waals surface area contributed by atoms with E-state index >= 15 is 0 Å². The number of halogens is 1. The number of nitrogens with zero attached hydrogens (tertiary/aromatic N) is 4. The fourth-order valence-corrected chi connectivity index (χ4v) is 4.48. The highest BCUT2D eigenvalue weighted by molar-refractivity contribution is 7.99. The average Bonchev–Trinajstić information content (AvgIpc) is 3.48. The number of fused-ring (bicyclic) bond motifs is 1. The van der Waals surface area contributed by atoms with E-state index in [0.717, 1.165) is 33.3 Å². The summed E-state index contributed by atoms with van der Waals surface area (Å²) in [6, 6.07) is 23.4. The zero-order chi connectivity index (χ0) is 24.2. The third-order valence-corrected chi connectivity index (χ3v) is 6.56. The molecule has 0 saturated carbocycles. The van der Waals surface area contributed by atoms with Crippen LogP contribution in [0.1, 0.15) is 11.1 Å². The lowest BCUT2D eigenvalue weighted by Crippen LogP contribution is -2.20. The van der Waals surface area contributed by atoms with Crippen LogP contribution in [0.3, 0.4) is 0 Å². The van der Waals surface area contributed by atoms with Crippen LogP contribution in [0.15, 0.2) is 89.3 Å². The van der Waals surface area contributed by atoms with E-state index in [0.29, 0.717) is 16.0 Å². The Morgan fingerprint density at radius 2 is 1.86 bits per heavy atom. The maximum atomic E-state index is 12.5. The van der Waals surface area contributed by atoms with Gasteiger partial charge in [-0.25, -0.2) is 5.43 Å². The van der Waals surface area contributed by atoms with Crippen molar-refractivity contribution in [3.63, 3.8) is 0 Å². The fourth-order valence-electron chi connectivity index (χ4n) is 3.61. The number of carbonyl (C=O) groups is 1. The monoisotopic (exact) mass is 500 g/mol. The van der Waals surface area contributed by atoms with E-state index in [4.69, 9.17) is 11.6 Å². The molecule has 0 saturated heterocycles. The molecule has 0 aliphatic heterocycles. The zero-order valence-electron chi connectivity index (χ0n) is 18.8. The maximum Gasteiger partial charge on any atom is 0.250 e. The van der Waals surface area contributed by atoms with Crippen LogP contribution >= 0.6 is 23.4 Å². The van der Waals surface area contributed by atoms with E-state index in [2.05, 4.69) is 25.7 Å². The SMILES string of the molecule is Cc1ccc(-n2c(SCC(=O)NN=Cc3c[nH]c4ccccc34)nnc2-c2ccc(Cl)cc2)cc1. The Hall–Kier alpha value is -3.88. The van der Waals surface area contributed by atoms with Gasteiger partial charge in [0.1, 0.15) is 0 Å². The van der Waals surface area contributed by atoms with Gasteiger partial charge in [0.05, 0.1) is 12.0 Å². The van der Waals surface area contributed by atoms with Gasteiger partial charge in [0.2, 0.25) is 0 Å². The molecule has 0 fully saturated rings. The second-order valence-electron chi connectivity index (χ2n) is 7.86. The predicted molar refractivity (Wildman–Crippen MR) is 141 cm³/mol. The van der Waals surface area contributed by atoms with Gasteiger partial charge in [0.15, 0.2) is 11.0 Å². The first kappa shape index (κ1) is 22.9. The van der Waals surface area contributed by atoms with Gasteiger partial charge in [0, 0.05) is 38.9 Å². The molecule has 35 heavy (non-hydrogen) atoms. The number of hydrogen-bond donors (Lipinski definition) is 2. The van der Waals surface area contributed by atoms with Crippen LogP contribution in [0, 0.1) is 6.92 Å². The van der Waals surface area contributed by atoms with Gasteiger partial charge in [-0.15, -0.1) is 10.2 Å². The normalized spacial score (nSPS) is 11.4. The number of thioether (sulfide) groups is 1. The lowest BCUT2D eigenvalue weighted by atomic mass is 10.2. The number of para-hydroxylation sites is 1. The topological polar surface area (TPSA) is 88.0 Å². The number of H-pyrrole nitrogens is 1. The van der Waals surface area contributed by atoms with E-state index in [1.54, 1.807) is 6.21 Å². The van der Waals surface area contributed by atoms with Crippen molar-refractivity contribution in [3.8, 4) is 17.1 Å². The average molecular weight is 501 g/mol. The number of hydrazone groups is 1. The molecule has 0 unspecified atom stereocenters. The minimum Gasteiger partial charge on any atom is -0.361 e. The zero-order valence-corrected chi connectivity index (χ0v) is 20.3. The molecule has 2 aromatic heterocycles. The molecule has 2 N–H and O–H groups in total. The van der Waals surface area contributed by atoms with E-state index in [1.165, 1.54) is 11.8 Å². The lowest BCUT2D eigenvalue weighted by Gasteiger charge is -2.10. The molecule has 5 rings (SSSR count). The number of carbonyl (C=O) groups excluding carboxylic acids is 1. The van der Waals surface area contributed by atoms with Gasteiger partial charge < -0.3 is 4.98 Å². The number of amides is 1. The summed E-state index contributed by atoms with van der Waals surface area (Å²) in [6.45, 7) is 2.03. The molecule has 9 heteroatoms. The number of rotatable bonds is 7. The molecule has 0 aliphatic carbocycles. The molecule has 1 amide bonds. The Kier molecular flexibility index (Phi) is 6.65. The Bertz CT molecular complexity index is 1510. The number of nitrogens with one attached hydrogen (secondary N) is 2. The van der Waals surface area contributed by atoms with E-state index in [1.807, 2.05) is 90.5 Å². The van der Waals surface area contributed by atoms with Crippen molar-refractivity contribution < 1.29 is 4.79 Å². The van der Waals surface area contributed by atoms with Gasteiger partial charge in [0.25, 0.3) is 5.91 Å². The van der Waals surface area contributed by atoms with E-state index < -0.39 is 0 Å². The summed E-state index contributed by atoms with van der Waals surface area (Å²) in [5, 5.41) is 15.2. The highest BCUT2D eigenvalue weighted by Crippen LogP contribution is 2.29. The Morgan fingerprint density at radius 1 is 1.09 bits per heavy atom. The second-order valence-corrected chi connectivity index (χ2v) is 9.23. The van der Waals surface area contributed by atoms with Crippen molar-refractivity contribution in [3.05, 3.63) is 95.1 Å². The molecule has 174 valence electrons. The first-order valence-corrected chi connectivity index (χ1v) is 12.2. The molecule has 0 radical (unpaired) electrons. The molecule has 5 aromatic rings. The largest absolute Gasteiger partial charge is 0.361 e. The minimum absolute atomic E-state index is 0.135. The van der Waals surface area contributed by atoms with Crippen LogP contribution in [0.2, 0.25) is 5.02 Å². The Balaban J connectivity index is 1.32. The third kappa shape index (κ3) is 5.13. The highest BCUT2D eigenvalue weighted by atomic mass is 35.5. The van der Waals surface area contributed by atoms with Crippen molar-refractivity contribution >= 4 is 46.4 Å². The van der Waals surface area contributed by atoms with Crippen LogP contribution in [0.5, 0.6) is 0 Å². The number of aromatic amines is 1. The molecule has 0 bridgehead atoms. The highest BCUT2D eigenvalue weighted by Gasteiger charge is 2.17. The molecular weight excluding hydrogens is 480 g/mol. The molecule has 0 atom stereocenters. The summed E-state index contributed by atoms with van der Waals surface area (Å²) in [5.74, 6) is 0.568. The minimum atomic E-state index is -0.238. The summed E-state index contributed by atoms with van der Waals surface area (Å²) in [7, 11) is 0. The van der Waals surface area contributed by atoms with Gasteiger partial charge in [-0.2, -0.15) is 5.10 Å². The molecule has 2 heterocycles. The van der Waals surface area contributed by atoms with Crippen LogP contribution in [-0.4, -0.2) is 37.6 Å². The summed E-state index contributed by atoms with van der Waals surface area (Å²) in [6.07, 6.45) is 3.49. The summed E-state index contributed by atoms with van der Waals surface area (Å²) < 4.78 is 1.94. The van der Waals surface area contributed by atoms with Crippen molar-refractivity contribution in [1.82, 2.24) is 25.2 Å². The maximum absolute atomic E-state index is 12.5. The first-order valence-electron chi connectivity index (χ1n) is 10.9. The number of aromatic nitrogens is 4. The number of hydrogen-bond acceptors (Lipinski definition) is 5. The van der Waals surface area contributed by atoms with Crippen molar-refractivity contribution in [2.75, 3.05) is 5.75 Å². The van der Waals surface area contributed by atoms with Crippen LogP contribution in [-0.2, 0) is 4.79 Å². The van der Waals surface area contributed by atoms with Gasteiger partial charge in [-0.1, -0.05) is 59.3 Å². The Labute approximate surface area is 211 Å². The van der Waals surface area contributed by atoms with E-state index in [9.17, 15) is 4.79 Å². The quantitative estimate of drug-likeness (QED) is 0.172. The predicted octanol–water partition coefficient (Wildman–Crippen LogP) is 5.62. The second kappa shape index (κ2) is 10.2. The molecular formula is C26H21ClN6OS. The standard InChI is InChI=1S/C26H21ClN6OS/c1-17-6-12-21(13-7-17)33-25(18-8-10-20(27)11-9-18)31-32-26(33)35-16-24(34)30-29-15-19-14-28-23-5-3-2-4-22(19)23/h2-15,28H,16H2,1H3,(H,30,34). The third-order valence-electron chi connectivity index (χ3n) is 5.37. The first-order chi connectivity index (χ1) is 17.1. The van der Waals surface area contributed by atoms with Gasteiger partial charge >= 0.3 is 0 Å². The summed E-state index contributed by atoms with van der Waals surface area (Å²) >= 11 is 7.36. The van der Waals surface area contributed by atoms with E-state index in [-0.39, 0.29) is 11.7 Å². The molecule has 3 aromatic carbocycles. The van der Waals surface area contributed by atoms with Crippen LogP contribution in [0.25, 0.3) is 28.0 Å². The van der Waals surface area contributed by atoms with Crippen molar-refractivity contribution in [2.24, 2.45) is 5.10 Å². The van der Waals surface area contributed by atoms with Gasteiger partial charge in [-0.3, -0.25) is 9.36 Å². The molecule has 7 nitrogen and oxygen atoms in total. The Morgan fingerprint density at radius 3 is 2.66 bits per heavy atom. The fraction of sp³-hybridized carbons (Fsp3) is 0.0769. The van der Waals surface area contributed by atoms with Gasteiger partial charge in [-0.05, 0) is 49.4 Å². The van der Waals surface area contributed by atoms with Crippen molar-refractivity contribution in [2.45, 2.75) is 12.1 Å². The van der Waals surface area contributed by atoms with Crippen LogP contribution in [0.4, 0.5) is 0 Å². The lowest BCUT2D eigenvalue weighted by molar-refractivity contribution is -0.118. The smallest absolute Gasteiger partial charge is 0.250 e. The van der Waals surface area contributed by atoms with Crippen molar-refractivity contribution in [1.29, 1.82) is 0 Å². The summed E-state index contributed by atoms with van der Waals surface area (Å²) in [4.78, 5) is 15.7. The number of aryl methyl sites for hydroxylation is 1. The molecule has 0 aliphatic rings. The van der Waals surface area contributed by atoms with Crippen LogP contribution < -0.4 is 5.43 Å². The molecule has 0 spiro atoms. The number of benzene rings is 3.